The van der Waals surface area contributed by atoms with Gasteiger partial charge in [-0.3, -0.25) is 14.7 Å². The molecule has 0 unspecified atom stereocenters. The van der Waals surface area contributed by atoms with Gasteiger partial charge in [-0.25, -0.2) is 0 Å². The molecule has 0 radical (unpaired) electrons. The highest BCUT2D eigenvalue weighted by Crippen LogP contribution is 2.29. The van der Waals surface area contributed by atoms with E-state index in [-0.39, 0.29) is 11.9 Å². The predicted octanol–water partition coefficient (Wildman–Crippen LogP) is 2.62. The number of amides is 1. The highest BCUT2D eigenvalue weighted by molar-refractivity contribution is 5.94. The highest BCUT2D eigenvalue weighted by atomic mass is 16.2. The van der Waals surface area contributed by atoms with Crippen LogP contribution in [0.25, 0.3) is 0 Å². The molecule has 1 aliphatic carbocycles. The van der Waals surface area contributed by atoms with Crippen LogP contribution in [0.3, 0.4) is 0 Å². The Bertz CT molecular complexity index is 593. The van der Waals surface area contributed by atoms with Gasteiger partial charge < -0.3 is 4.90 Å². The first-order chi connectivity index (χ1) is 11.7. The molecule has 2 fully saturated rings. The second-order valence-corrected chi connectivity index (χ2v) is 6.99. The fourth-order valence-corrected chi connectivity index (χ4v) is 3.92. The molecule has 5 heteroatoms. The summed E-state index contributed by atoms with van der Waals surface area (Å²) in [6, 6.07) is 6.27. The third kappa shape index (κ3) is 3.76. The Kier molecular flexibility index (Phi) is 5.47. The number of aryl methyl sites for hydroxylation is 1. The van der Waals surface area contributed by atoms with E-state index < -0.39 is 0 Å². The molecule has 0 N–H and O–H groups in total. The van der Waals surface area contributed by atoms with Crippen LogP contribution < -0.4 is 0 Å². The second kappa shape index (κ2) is 7.76. The summed E-state index contributed by atoms with van der Waals surface area (Å²) in [5, 5.41) is 9.63. The van der Waals surface area contributed by atoms with E-state index in [1.54, 1.807) is 6.20 Å². The summed E-state index contributed by atoms with van der Waals surface area (Å²) < 4.78 is 0. The zero-order chi connectivity index (χ0) is 16.9. The third-order valence-electron chi connectivity index (χ3n) is 5.38. The van der Waals surface area contributed by atoms with Crippen LogP contribution in [-0.4, -0.2) is 52.9 Å². The number of aromatic nitrogens is 1. The van der Waals surface area contributed by atoms with Crippen LogP contribution in [0.2, 0.25) is 0 Å². The van der Waals surface area contributed by atoms with Gasteiger partial charge in [-0.15, -0.1) is 0 Å². The van der Waals surface area contributed by atoms with Gasteiger partial charge in [-0.05, 0) is 37.8 Å². The molecule has 1 amide bonds. The Labute approximate surface area is 144 Å². The molecular weight excluding hydrogens is 300 g/mol. The van der Waals surface area contributed by atoms with E-state index in [1.165, 1.54) is 32.1 Å². The van der Waals surface area contributed by atoms with Crippen LogP contribution in [0.4, 0.5) is 0 Å². The molecule has 1 aliphatic heterocycles. The van der Waals surface area contributed by atoms with Crippen molar-refractivity contribution in [2.45, 2.75) is 45.1 Å². The zero-order valence-corrected chi connectivity index (χ0v) is 14.4. The van der Waals surface area contributed by atoms with Crippen molar-refractivity contribution < 1.29 is 4.79 Å². The van der Waals surface area contributed by atoms with E-state index in [2.05, 4.69) is 16.0 Å². The molecule has 0 spiro atoms. The van der Waals surface area contributed by atoms with Crippen molar-refractivity contribution in [2.75, 3.05) is 26.2 Å². The molecule has 1 saturated heterocycles. The molecule has 128 valence electrons. The van der Waals surface area contributed by atoms with Gasteiger partial charge in [-0.2, -0.15) is 5.26 Å². The summed E-state index contributed by atoms with van der Waals surface area (Å²) in [6.07, 6.45) is 7.81. The maximum Gasteiger partial charge on any atom is 0.255 e. The topological polar surface area (TPSA) is 60.2 Å². The molecule has 1 aromatic rings. The molecular formula is C19H26N4O. The average Bonchev–Trinajstić information content (AvgIpc) is 2.64. The Morgan fingerprint density at radius 1 is 1.21 bits per heavy atom. The number of rotatable bonds is 3. The molecule has 1 aromatic heterocycles. The van der Waals surface area contributed by atoms with E-state index in [0.29, 0.717) is 24.6 Å². The van der Waals surface area contributed by atoms with Crippen LogP contribution >= 0.6 is 0 Å². The van der Waals surface area contributed by atoms with Crippen LogP contribution in [0.15, 0.2) is 18.3 Å². The van der Waals surface area contributed by atoms with E-state index in [9.17, 15) is 10.1 Å². The maximum atomic E-state index is 12.6. The number of hydrogen-bond acceptors (Lipinski definition) is 4. The van der Waals surface area contributed by atoms with Crippen molar-refractivity contribution in [3.8, 4) is 6.07 Å². The van der Waals surface area contributed by atoms with Crippen LogP contribution in [0, 0.1) is 24.2 Å². The lowest BCUT2D eigenvalue weighted by atomic mass is 9.83. The number of nitrogens with zero attached hydrogens (tertiary/aromatic N) is 4. The molecule has 1 atom stereocenters. The minimum Gasteiger partial charge on any atom is -0.336 e. The van der Waals surface area contributed by atoms with Gasteiger partial charge in [0.25, 0.3) is 5.91 Å². The second-order valence-electron chi connectivity index (χ2n) is 6.99. The van der Waals surface area contributed by atoms with Crippen molar-refractivity contribution in [1.29, 1.82) is 5.26 Å². The smallest absolute Gasteiger partial charge is 0.255 e. The highest BCUT2D eigenvalue weighted by Gasteiger charge is 2.32. The Morgan fingerprint density at radius 3 is 2.50 bits per heavy atom. The molecule has 5 nitrogen and oxygen atoms in total. The summed E-state index contributed by atoms with van der Waals surface area (Å²) in [6.45, 7) is 4.88. The Hall–Kier alpha value is -1.93. The molecule has 2 aliphatic rings. The van der Waals surface area contributed by atoms with E-state index >= 15 is 0 Å². The standard InChI is InChI=1S/C19H26N4O/c1-15-7-8-17(14-21-15)19(24)23-11-9-22(10-12-23)18(13-20)16-5-3-2-4-6-16/h7-8,14,16,18H,2-6,9-12H2,1H3/t18-/m0/s1. The summed E-state index contributed by atoms with van der Waals surface area (Å²) in [7, 11) is 0. The molecule has 2 heterocycles. The van der Waals surface area contributed by atoms with Crippen molar-refractivity contribution in [3.05, 3.63) is 29.6 Å². The van der Waals surface area contributed by atoms with Crippen LogP contribution in [-0.2, 0) is 0 Å². The molecule has 24 heavy (non-hydrogen) atoms. The van der Waals surface area contributed by atoms with Gasteiger partial charge in [0, 0.05) is 38.1 Å². The Morgan fingerprint density at radius 2 is 1.92 bits per heavy atom. The zero-order valence-electron chi connectivity index (χ0n) is 14.4. The van der Waals surface area contributed by atoms with Crippen molar-refractivity contribution in [3.63, 3.8) is 0 Å². The van der Waals surface area contributed by atoms with E-state index in [0.717, 1.165) is 18.8 Å². The minimum atomic E-state index is 0.0172. The predicted molar refractivity (Wildman–Crippen MR) is 92.4 cm³/mol. The summed E-state index contributed by atoms with van der Waals surface area (Å²) in [4.78, 5) is 20.9. The van der Waals surface area contributed by atoms with Gasteiger partial charge >= 0.3 is 0 Å². The quantitative estimate of drug-likeness (QED) is 0.857. The van der Waals surface area contributed by atoms with Gasteiger partial charge in [0.05, 0.1) is 11.6 Å². The fraction of sp³-hybridized carbons (Fsp3) is 0.632. The minimum absolute atomic E-state index is 0.0172. The lowest BCUT2D eigenvalue weighted by Crippen LogP contribution is -2.53. The van der Waals surface area contributed by atoms with Crippen LogP contribution in [0.1, 0.15) is 48.2 Å². The average molecular weight is 326 g/mol. The molecule has 1 saturated carbocycles. The van der Waals surface area contributed by atoms with Crippen molar-refractivity contribution >= 4 is 5.91 Å². The summed E-state index contributed by atoms with van der Waals surface area (Å²) in [5.41, 5.74) is 1.57. The maximum absolute atomic E-state index is 12.6. The first-order valence-corrected chi connectivity index (χ1v) is 9.04. The molecule has 3 rings (SSSR count). The largest absolute Gasteiger partial charge is 0.336 e. The molecule has 0 bridgehead atoms. The number of hydrogen-bond donors (Lipinski definition) is 0. The number of nitriles is 1. The number of pyridine rings is 1. The lowest BCUT2D eigenvalue weighted by molar-refractivity contribution is 0.0538. The van der Waals surface area contributed by atoms with E-state index in [4.69, 9.17) is 0 Å². The van der Waals surface area contributed by atoms with Gasteiger partial charge in [0.2, 0.25) is 0 Å². The van der Waals surface area contributed by atoms with Gasteiger partial charge in [0.15, 0.2) is 0 Å². The Balaban J connectivity index is 1.57. The van der Waals surface area contributed by atoms with Crippen LogP contribution in [0.5, 0.6) is 0 Å². The first-order valence-electron chi connectivity index (χ1n) is 9.04. The normalized spacial score (nSPS) is 21.2. The summed E-state index contributed by atoms with van der Waals surface area (Å²) >= 11 is 0. The monoisotopic (exact) mass is 326 g/mol. The number of carbonyl (C=O) groups is 1. The SMILES string of the molecule is Cc1ccc(C(=O)N2CCN([C@@H](C#N)C3CCCCC3)CC2)cn1. The lowest BCUT2D eigenvalue weighted by Gasteiger charge is -2.40. The molecule has 0 aromatic carbocycles. The third-order valence-corrected chi connectivity index (χ3v) is 5.38. The van der Waals surface area contributed by atoms with Gasteiger partial charge in [-0.1, -0.05) is 19.3 Å². The van der Waals surface area contributed by atoms with Gasteiger partial charge in [0.1, 0.15) is 6.04 Å². The number of piperazine rings is 1. The van der Waals surface area contributed by atoms with E-state index in [1.807, 2.05) is 24.0 Å². The number of carbonyl (C=O) groups excluding carboxylic acids is 1. The van der Waals surface area contributed by atoms with Crippen molar-refractivity contribution in [1.82, 2.24) is 14.8 Å². The van der Waals surface area contributed by atoms with Crippen molar-refractivity contribution in [2.24, 2.45) is 5.92 Å². The first kappa shape index (κ1) is 16.9. The summed E-state index contributed by atoms with van der Waals surface area (Å²) in [5.74, 6) is 0.556. The fourth-order valence-electron chi connectivity index (χ4n) is 3.92.